The average Bonchev–Trinajstić information content (AvgIpc) is 2.87. The topological polar surface area (TPSA) is 121 Å². The van der Waals surface area contributed by atoms with Crippen LogP contribution in [0.1, 0.15) is 28.0 Å². The Bertz CT molecular complexity index is 1410. The van der Waals surface area contributed by atoms with Crippen LogP contribution in [0.25, 0.3) is 5.69 Å². The number of phenolic OH excluding ortho intramolecular Hbond substituents is 1. The summed E-state index contributed by atoms with van der Waals surface area (Å²) in [5, 5.41) is 13.9. The van der Waals surface area contributed by atoms with E-state index in [1.54, 1.807) is 29.2 Å². The monoisotopic (exact) mass is 591 g/mol. The van der Waals surface area contributed by atoms with Crippen molar-refractivity contribution in [3.8, 4) is 22.9 Å². The number of aromatic amines is 1. The van der Waals surface area contributed by atoms with Gasteiger partial charge in [0.15, 0.2) is 0 Å². The third-order valence-corrected chi connectivity index (χ3v) is 7.03. The van der Waals surface area contributed by atoms with Gasteiger partial charge in [-0.3, -0.25) is 19.5 Å². The molecule has 0 saturated carbocycles. The molecule has 0 bridgehead atoms. The molecule has 0 atom stereocenters. The number of phenols is 1. The largest absolute Gasteiger partial charge is 0.507 e. The second kappa shape index (κ2) is 11.5. The van der Waals surface area contributed by atoms with Gasteiger partial charge in [-0.2, -0.15) is 9.78 Å². The number of nitrogens with zero attached hydrogens (tertiary/aromatic N) is 4. The minimum absolute atomic E-state index is 0.0956. The predicted octanol–water partition coefficient (Wildman–Crippen LogP) is 3.18. The maximum atomic E-state index is 13.1. The van der Waals surface area contributed by atoms with E-state index in [-0.39, 0.29) is 11.4 Å². The number of carbonyl (C=O) groups is 1. The Balaban J connectivity index is 1.59. The molecule has 0 spiro atoms. The fourth-order valence-corrected chi connectivity index (χ4v) is 4.68. The molecule has 1 fully saturated rings. The smallest absolute Gasteiger partial charge is 0.349 e. The van der Waals surface area contributed by atoms with E-state index in [1.165, 1.54) is 6.07 Å². The molecule has 37 heavy (non-hydrogen) atoms. The quantitative estimate of drug-likeness (QED) is 0.404. The summed E-state index contributed by atoms with van der Waals surface area (Å²) in [5.41, 5.74) is -0.0987. The van der Waals surface area contributed by atoms with Crippen LogP contribution in [0.15, 0.2) is 44.4 Å². The van der Waals surface area contributed by atoms with Crippen molar-refractivity contribution < 1.29 is 14.6 Å². The van der Waals surface area contributed by atoms with Gasteiger partial charge < -0.3 is 14.7 Å². The zero-order valence-corrected chi connectivity index (χ0v) is 22.8. The molecule has 2 heterocycles. The molecule has 4 rings (SSSR count). The Hall–Kier alpha value is -3.15. The summed E-state index contributed by atoms with van der Waals surface area (Å²) < 4.78 is 7.53. The molecule has 3 aromatic rings. The van der Waals surface area contributed by atoms with Gasteiger partial charge in [0.2, 0.25) is 5.69 Å². The molecule has 0 unspecified atom stereocenters. The van der Waals surface area contributed by atoms with Crippen LogP contribution >= 0.6 is 27.5 Å². The highest BCUT2D eigenvalue weighted by Crippen LogP contribution is 2.34. The number of aromatic hydroxyl groups is 1. The summed E-state index contributed by atoms with van der Waals surface area (Å²) in [7, 11) is 0. The molecule has 1 aromatic heterocycles. The first-order chi connectivity index (χ1) is 17.7. The van der Waals surface area contributed by atoms with Crippen molar-refractivity contribution in [3.63, 3.8) is 0 Å². The van der Waals surface area contributed by atoms with Gasteiger partial charge in [-0.05, 0) is 84.2 Å². The average molecular weight is 593 g/mol. The molecule has 196 valence electrons. The number of hydrogen-bond acceptors (Lipinski definition) is 7. The lowest BCUT2D eigenvalue weighted by Gasteiger charge is -2.34. The number of halogens is 2. The maximum Gasteiger partial charge on any atom is 0.349 e. The highest BCUT2D eigenvalue weighted by molar-refractivity contribution is 9.10. The van der Waals surface area contributed by atoms with Gasteiger partial charge in [0.1, 0.15) is 17.2 Å². The number of rotatable bonds is 7. The number of H-pyrrole nitrogens is 1. The van der Waals surface area contributed by atoms with Gasteiger partial charge in [-0.25, -0.2) is 4.79 Å². The molecule has 1 aliphatic rings. The molecule has 1 saturated heterocycles. The van der Waals surface area contributed by atoms with Gasteiger partial charge in [0.05, 0.1) is 10.2 Å². The lowest BCUT2D eigenvalue weighted by molar-refractivity contribution is 0.0627. The zero-order valence-electron chi connectivity index (χ0n) is 20.5. The van der Waals surface area contributed by atoms with E-state index in [0.717, 1.165) is 17.6 Å². The summed E-state index contributed by atoms with van der Waals surface area (Å²) in [6, 6.07) is 8.17. The van der Waals surface area contributed by atoms with Crippen LogP contribution in [-0.2, 0) is 0 Å². The summed E-state index contributed by atoms with van der Waals surface area (Å²) >= 11 is 9.04. The van der Waals surface area contributed by atoms with Crippen LogP contribution in [-0.4, -0.2) is 74.2 Å². The second-order valence-electron chi connectivity index (χ2n) is 8.82. The number of benzene rings is 2. The molecule has 1 amide bonds. The minimum Gasteiger partial charge on any atom is -0.507 e. The van der Waals surface area contributed by atoms with E-state index < -0.39 is 17.2 Å². The Labute approximate surface area is 226 Å². The maximum absolute atomic E-state index is 13.1. The van der Waals surface area contributed by atoms with E-state index in [0.29, 0.717) is 64.8 Å². The van der Waals surface area contributed by atoms with Crippen LogP contribution in [0.3, 0.4) is 0 Å². The Morgan fingerprint density at radius 3 is 2.43 bits per heavy atom. The van der Waals surface area contributed by atoms with E-state index >= 15 is 0 Å². The number of carbonyl (C=O) groups excluding carboxylic acids is 1. The molecular formula is C25H27BrClN5O5. The molecule has 1 aliphatic heterocycles. The van der Waals surface area contributed by atoms with Gasteiger partial charge >= 0.3 is 5.69 Å². The summed E-state index contributed by atoms with van der Waals surface area (Å²) in [4.78, 5) is 44.3. The van der Waals surface area contributed by atoms with Gasteiger partial charge in [-0.15, -0.1) is 11.6 Å². The van der Waals surface area contributed by atoms with Crippen LogP contribution in [0, 0.1) is 13.8 Å². The first-order valence-corrected chi connectivity index (χ1v) is 13.1. The SMILES string of the molecule is Cc1cc(-n2nc(C(=O)N3CCN(CCCCl)CC3)c(=O)[nH]c2=O)cc(C)c1Oc1ccc(O)c(Br)c1. The first kappa shape index (κ1) is 26.9. The molecule has 2 N–H and O–H groups in total. The number of piperazine rings is 1. The highest BCUT2D eigenvalue weighted by atomic mass is 79.9. The van der Waals surface area contributed by atoms with Crippen molar-refractivity contribution >= 4 is 33.4 Å². The molecule has 12 heteroatoms. The fraction of sp³-hybridized carbons (Fsp3) is 0.360. The van der Waals surface area contributed by atoms with Crippen molar-refractivity contribution in [2.24, 2.45) is 0 Å². The number of aromatic nitrogens is 3. The number of hydrogen-bond donors (Lipinski definition) is 2. The number of ether oxygens (including phenoxy) is 1. The van der Waals surface area contributed by atoms with E-state index in [2.05, 4.69) is 30.9 Å². The third kappa shape index (κ3) is 6.06. The first-order valence-electron chi connectivity index (χ1n) is 11.8. The second-order valence-corrected chi connectivity index (χ2v) is 10.1. The van der Waals surface area contributed by atoms with Crippen molar-refractivity contribution in [2.75, 3.05) is 38.6 Å². The number of nitrogens with one attached hydrogen (secondary N) is 1. The summed E-state index contributed by atoms with van der Waals surface area (Å²) in [6.45, 7) is 6.76. The van der Waals surface area contributed by atoms with Crippen molar-refractivity contribution in [2.45, 2.75) is 20.3 Å². The molecular weight excluding hydrogens is 566 g/mol. The summed E-state index contributed by atoms with van der Waals surface area (Å²) in [5.74, 6) is 1.25. The normalized spacial score (nSPS) is 14.1. The van der Waals surface area contributed by atoms with E-state index in [9.17, 15) is 19.5 Å². The van der Waals surface area contributed by atoms with Crippen LogP contribution in [0.5, 0.6) is 17.2 Å². The molecule has 0 radical (unpaired) electrons. The zero-order chi connectivity index (χ0) is 26.7. The lowest BCUT2D eigenvalue weighted by Crippen LogP contribution is -2.50. The van der Waals surface area contributed by atoms with Crippen molar-refractivity contribution in [1.29, 1.82) is 0 Å². The van der Waals surface area contributed by atoms with Gasteiger partial charge in [0.25, 0.3) is 11.5 Å². The number of amides is 1. The number of alkyl halides is 1. The minimum atomic E-state index is -0.817. The van der Waals surface area contributed by atoms with Crippen LogP contribution < -0.4 is 16.0 Å². The van der Waals surface area contributed by atoms with Crippen molar-refractivity contribution in [3.05, 3.63) is 72.5 Å². The molecule has 10 nitrogen and oxygen atoms in total. The number of aryl methyl sites for hydroxylation is 2. The van der Waals surface area contributed by atoms with Crippen LogP contribution in [0.2, 0.25) is 0 Å². The predicted molar refractivity (Wildman–Crippen MR) is 143 cm³/mol. The lowest BCUT2D eigenvalue weighted by atomic mass is 10.1. The van der Waals surface area contributed by atoms with Gasteiger partial charge in [-0.1, -0.05) is 0 Å². The summed E-state index contributed by atoms with van der Waals surface area (Å²) in [6.07, 6.45) is 0.872. The van der Waals surface area contributed by atoms with Crippen molar-refractivity contribution in [1.82, 2.24) is 24.6 Å². The van der Waals surface area contributed by atoms with E-state index in [1.807, 2.05) is 13.8 Å². The van der Waals surface area contributed by atoms with Gasteiger partial charge in [0, 0.05) is 32.1 Å². The van der Waals surface area contributed by atoms with Crippen LogP contribution in [0.4, 0.5) is 0 Å². The molecule has 0 aliphatic carbocycles. The third-order valence-electron chi connectivity index (χ3n) is 6.13. The van der Waals surface area contributed by atoms with E-state index in [4.69, 9.17) is 16.3 Å². The Kier molecular flexibility index (Phi) is 8.35. The Morgan fingerprint density at radius 1 is 1.14 bits per heavy atom. The highest BCUT2D eigenvalue weighted by Gasteiger charge is 2.26. The molecule has 2 aromatic carbocycles. The standard InChI is InChI=1S/C25H27BrClN5O5/c1-15-12-17(13-16(2)22(15)37-18-4-5-20(33)19(26)14-18)32-25(36)28-23(34)21(29-32)24(35)31-10-8-30(9-11-31)7-3-6-27/h4-5,12-14,33H,3,6-11H2,1-2H3,(H,28,34,36). The Morgan fingerprint density at radius 2 is 1.81 bits per heavy atom. The fourth-order valence-electron chi connectivity index (χ4n) is 4.20.